The Morgan fingerprint density at radius 1 is 1.38 bits per heavy atom. The highest BCUT2D eigenvalue weighted by atomic mass is 19.1. The summed E-state index contributed by atoms with van der Waals surface area (Å²) in [6, 6.07) is 9.14. The number of Topliss-reactive ketones (excluding diaryl/α,β-unsaturated/α-hetero) is 1. The van der Waals surface area contributed by atoms with Crippen molar-refractivity contribution in [3.05, 3.63) is 47.5 Å². The van der Waals surface area contributed by atoms with Gasteiger partial charge in [-0.05, 0) is 30.5 Å². The highest BCUT2D eigenvalue weighted by molar-refractivity contribution is 5.91. The van der Waals surface area contributed by atoms with Gasteiger partial charge in [0.1, 0.15) is 11.7 Å². The molecular weight excluding hydrogens is 307 g/mol. The third-order valence-electron chi connectivity index (χ3n) is 5.41. The van der Waals surface area contributed by atoms with E-state index in [0.717, 1.165) is 18.4 Å². The molecule has 5 nitrogen and oxygen atoms in total. The molecule has 3 atom stereocenters. The monoisotopic (exact) mass is 326 g/mol. The van der Waals surface area contributed by atoms with E-state index in [1.54, 1.807) is 29.0 Å². The van der Waals surface area contributed by atoms with Crippen molar-refractivity contribution in [3.8, 4) is 6.07 Å². The number of nitriles is 1. The van der Waals surface area contributed by atoms with Crippen molar-refractivity contribution in [2.75, 3.05) is 13.6 Å². The molecule has 6 heteroatoms. The molecule has 1 aromatic carbocycles. The number of nitrogens with zero attached hydrogens (tertiary/aromatic N) is 3. The van der Waals surface area contributed by atoms with Gasteiger partial charge in [-0.1, -0.05) is 12.1 Å². The molecule has 4 rings (SSSR count). The summed E-state index contributed by atoms with van der Waals surface area (Å²) in [4.78, 5) is 16.2. The molecule has 124 valence electrons. The van der Waals surface area contributed by atoms with Crippen molar-refractivity contribution in [3.63, 3.8) is 0 Å². The average Bonchev–Trinajstić information content (AvgIpc) is 2.92. The zero-order valence-electron chi connectivity index (χ0n) is 13.5. The number of ketones is 1. The highest BCUT2D eigenvalue weighted by Crippen LogP contribution is 2.47. The molecule has 0 amide bonds. The fourth-order valence-electron chi connectivity index (χ4n) is 4.38. The van der Waals surface area contributed by atoms with E-state index in [0.29, 0.717) is 18.5 Å². The normalized spacial score (nSPS) is 32.0. The van der Waals surface area contributed by atoms with Crippen LogP contribution in [0.1, 0.15) is 36.6 Å². The summed E-state index contributed by atoms with van der Waals surface area (Å²) in [7, 11) is 1.81. The second-order valence-corrected chi connectivity index (χ2v) is 6.83. The number of nitrogens with one attached hydrogen (secondary N) is 1. The smallest absolute Gasteiger partial charge is 0.208 e. The van der Waals surface area contributed by atoms with Crippen LogP contribution < -0.4 is 5.32 Å². The van der Waals surface area contributed by atoms with Crippen molar-refractivity contribution in [1.29, 1.82) is 5.26 Å². The van der Waals surface area contributed by atoms with Crippen LogP contribution in [0.15, 0.2) is 36.4 Å². The van der Waals surface area contributed by atoms with E-state index in [2.05, 4.69) is 11.4 Å². The summed E-state index contributed by atoms with van der Waals surface area (Å²) >= 11 is 0. The molecule has 0 radical (unpaired) electrons. The molecule has 1 spiro atoms. The predicted octanol–water partition coefficient (Wildman–Crippen LogP) is 2.04. The quantitative estimate of drug-likeness (QED) is 0.800. The topological polar surface area (TPSA) is 59.4 Å². The maximum atomic E-state index is 14.9. The second kappa shape index (κ2) is 5.32. The van der Waals surface area contributed by atoms with Crippen molar-refractivity contribution >= 4 is 5.78 Å². The zero-order chi connectivity index (χ0) is 16.9. The first-order valence-electron chi connectivity index (χ1n) is 8.22. The zero-order valence-corrected chi connectivity index (χ0v) is 13.5. The molecule has 1 saturated heterocycles. The summed E-state index contributed by atoms with van der Waals surface area (Å²) in [5.41, 5.74) is 0.586. The Morgan fingerprint density at radius 2 is 2.12 bits per heavy atom. The molecule has 3 unspecified atom stereocenters. The Hall–Kier alpha value is -2.39. The number of rotatable bonds is 1. The molecule has 2 heterocycles. The number of carbonyl (C=O) groups excluding carboxylic acids is 1. The first kappa shape index (κ1) is 15.2. The second-order valence-electron chi connectivity index (χ2n) is 6.83. The van der Waals surface area contributed by atoms with E-state index in [1.807, 2.05) is 12.1 Å². The number of hydrogen-bond donors (Lipinski definition) is 1. The Labute approximate surface area is 140 Å². The SMILES string of the molecule is CN1C=C(F)N2C(c3ccc(C#N)cc3)NC3CCCC(=O)C32C1. The van der Waals surface area contributed by atoms with Crippen molar-refractivity contribution < 1.29 is 9.18 Å². The van der Waals surface area contributed by atoms with Gasteiger partial charge in [0.25, 0.3) is 0 Å². The van der Waals surface area contributed by atoms with Gasteiger partial charge in [0.05, 0.1) is 17.8 Å². The maximum Gasteiger partial charge on any atom is 0.208 e. The fourth-order valence-corrected chi connectivity index (χ4v) is 4.38. The summed E-state index contributed by atoms with van der Waals surface area (Å²) < 4.78 is 14.9. The number of hydrogen-bond acceptors (Lipinski definition) is 5. The van der Waals surface area contributed by atoms with Crippen LogP contribution in [0.3, 0.4) is 0 Å². The van der Waals surface area contributed by atoms with Gasteiger partial charge in [-0.2, -0.15) is 9.65 Å². The van der Waals surface area contributed by atoms with E-state index < -0.39 is 11.7 Å². The molecule has 1 N–H and O–H groups in total. The van der Waals surface area contributed by atoms with E-state index in [4.69, 9.17) is 5.26 Å². The van der Waals surface area contributed by atoms with Gasteiger partial charge in [0.15, 0.2) is 5.78 Å². The predicted molar refractivity (Wildman–Crippen MR) is 86.1 cm³/mol. The molecule has 0 bridgehead atoms. The van der Waals surface area contributed by atoms with Crippen molar-refractivity contribution in [2.24, 2.45) is 0 Å². The Balaban J connectivity index is 1.81. The molecule has 1 aromatic rings. The number of benzene rings is 1. The summed E-state index contributed by atoms with van der Waals surface area (Å²) in [5, 5.41) is 12.4. The molecule has 1 saturated carbocycles. The van der Waals surface area contributed by atoms with Crippen molar-refractivity contribution in [2.45, 2.75) is 37.0 Å². The lowest BCUT2D eigenvalue weighted by atomic mass is 9.75. The Morgan fingerprint density at radius 3 is 2.83 bits per heavy atom. The van der Waals surface area contributed by atoms with Gasteiger partial charge in [0, 0.05) is 26.1 Å². The van der Waals surface area contributed by atoms with Crippen LogP contribution in [-0.2, 0) is 4.79 Å². The lowest BCUT2D eigenvalue weighted by Crippen LogP contribution is -2.65. The van der Waals surface area contributed by atoms with E-state index in [9.17, 15) is 9.18 Å². The van der Waals surface area contributed by atoms with Gasteiger partial charge in [-0.25, -0.2) is 0 Å². The Kier molecular flexibility index (Phi) is 3.36. The number of halogens is 1. The molecule has 2 aliphatic heterocycles. The minimum absolute atomic E-state index is 0.0682. The van der Waals surface area contributed by atoms with Crippen LogP contribution in [0.25, 0.3) is 0 Å². The number of carbonyl (C=O) groups is 1. The van der Waals surface area contributed by atoms with Crippen LogP contribution in [-0.4, -0.2) is 40.8 Å². The van der Waals surface area contributed by atoms with Crippen LogP contribution in [0, 0.1) is 11.3 Å². The van der Waals surface area contributed by atoms with Gasteiger partial charge < -0.3 is 9.80 Å². The molecule has 3 aliphatic rings. The van der Waals surface area contributed by atoms with Crippen LogP contribution >= 0.6 is 0 Å². The molecule has 24 heavy (non-hydrogen) atoms. The first-order chi connectivity index (χ1) is 11.6. The van der Waals surface area contributed by atoms with Crippen LogP contribution in [0.2, 0.25) is 0 Å². The summed E-state index contributed by atoms with van der Waals surface area (Å²) in [6.45, 7) is 0.490. The minimum atomic E-state index is -0.843. The maximum absolute atomic E-state index is 14.9. The highest BCUT2D eigenvalue weighted by Gasteiger charge is 2.61. The third-order valence-corrected chi connectivity index (χ3v) is 5.41. The fraction of sp³-hybridized carbons (Fsp3) is 0.444. The van der Waals surface area contributed by atoms with Gasteiger partial charge in [0.2, 0.25) is 5.95 Å². The van der Waals surface area contributed by atoms with Crippen LogP contribution in [0.5, 0.6) is 0 Å². The van der Waals surface area contributed by atoms with Gasteiger partial charge in [-0.15, -0.1) is 0 Å². The van der Waals surface area contributed by atoms with Gasteiger partial charge in [-0.3, -0.25) is 10.1 Å². The molecular formula is C18H19FN4O. The van der Waals surface area contributed by atoms with Crippen molar-refractivity contribution in [1.82, 2.24) is 15.1 Å². The molecule has 1 aliphatic carbocycles. The van der Waals surface area contributed by atoms with E-state index in [1.165, 1.54) is 6.20 Å². The average molecular weight is 326 g/mol. The summed E-state index contributed by atoms with van der Waals surface area (Å²) in [6.07, 6.45) is 3.25. The lowest BCUT2D eigenvalue weighted by molar-refractivity contribution is -0.135. The van der Waals surface area contributed by atoms with E-state index >= 15 is 0 Å². The number of likely N-dealkylation sites (N-methyl/N-ethyl adjacent to an activating group) is 1. The van der Waals surface area contributed by atoms with Gasteiger partial charge >= 0.3 is 0 Å². The molecule has 2 fully saturated rings. The largest absolute Gasteiger partial charge is 0.374 e. The molecule has 0 aromatic heterocycles. The van der Waals surface area contributed by atoms with Crippen LogP contribution in [0.4, 0.5) is 4.39 Å². The third kappa shape index (κ3) is 1.98. The minimum Gasteiger partial charge on any atom is -0.374 e. The lowest BCUT2D eigenvalue weighted by Gasteiger charge is -2.48. The first-order valence-corrected chi connectivity index (χ1v) is 8.22. The standard InChI is InChI=1S/C18H19FN4O/c1-22-10-16(19)23-17(13-7-5-12(9-20)6-8-13)21-14-3-2-4-15(24)18(14,23)11-22/h5-8,10,14,17,21H,2-4,11H2,1H3. The Bertz CT molecular complexity index is 753. The summed E-state index contributed by atoms with van der Waals surface area (Å²) in [5.74, 6) is -0.277. The van der Waals surface area contributed by atoms with E-state index in [-0.39, 0.29) is 17.8 Å².